The van der Waals surface area contributed by atoms with Gasteiger partial charge >= 0.3 is 0 Å². The van der Waals surface area contributed by atoms with E-state index in [1.54, 1.807) is 48.7 Å². The van der Waals surface area contributed by atoms with Gasteiger partial charge in [0.05, 0.1) is 5.54 Å². The largest absolute Gasteiger partial charge is 0.502 e. The molecule has 1 N–H and O–H groups in total. The van der Waals surface area contributed by atoms with E-state index in [9.17, 15) is 14.7 Å². The molecule has 11 heteroatoms. The Morgan fingerprint density at radius 2 is 1.88 bits per heavy atom. The van der Waals surface area contributed by atoms with Gasteiger partial charge in [-0.15, -0.1) is 11.3 Å². The van der Waals surface area contributed by atoms with E-state index in [0.717, 1.165) is 10.4 Å². The summed E-state index contributed by atoms with van der Waals surface area (Å²) in [5.41, 5.74) is -0.335. The fraction of sp³-hybridized carbons (Fsp3) is 0.379. The summed E-state index contributed by atoms with van der Waals surface area (Å²) in [6.07, 6.45) is 5.92. The summed E-state index contributed by atoms with van der Waals surface area (Å²) in [5.74, 6) is -1.58. The van der Waals surface area contributed by atoms with Crippen molar-refractivity contribution in [2.45, 2.75) is 31.3 Å². The van der Waals surface area contributed by atoms with E-state index in [-0.39, 0.29) is 24.7 Å². The SMILES string of the molecule is COCCC1(CCOC)/C=C/COc2c(F)cccc2C(c2ccsc2C)N2CN1C(=O)c1c(O)c(=O)ccn12. The molecule has 0 aliphatic carbocycles. The number of rotatable bonds is 7. The molecule has 0 spiro atoms. The van der Waals surface area contributed by atoms with Crippen molar-refractivity contribution in [1.82, 2.24) is 9.58 Å². The number of hydrogen-bond donors (Lipinski definition) is 1. The molecule has 1 atom stereocenters. The van der Waals surface area contributed by atoms with E-state index < -0.39 is 34.5 Å². The second kappa shape index (κ2) is 11.4. The Hall–Kier alpha value is -3.67. The number of amides is 1. The number of pyridine rings is 1. The van der Waals surface area contributed by atoms with Crippen LogP contribution in [0.25, 0.3) is 0 Å². The van der Waals surface area contributed by atoms with Gasteiger partial charge in [-0.25, -0.2) is 4.39 Å². The lowest BCUT2D eigenvalue weighted by atomic mass is 9.88. The first kappa shape index (κ1) is 27.9. The number of para-hydroxylation sites is 1. The van der Waals surface area contributed by atoms with Crippen LogP contribution in [0.3, 0.4) is 0 Å². The van der Waals surface area contributed by atoms with Crippen molar-refractivity contribution in [2.75, 3.05) is 45.7 Å². The molecule has 2 bridgehead atoms. The highest BCUT2D eigenvalue weighted by molar-refractivity contribution is 7.10. The average Bonchev–Trinajstić information content (AvgIpc) is 3.36. The van der Waals surface area contributed by atoms with Crippen molar-refractivity contribution < 1.29 is 28.5 Å². The number of fused-ring (bicyclic) bond motifs is 5. The minimum absolute atomic E-state index is 0.0574. The average molecular weight is 570 g/mol. The van der Waals surface area contributed by atoms with Crippen LogP contribution in [0.15, 0.2) is 58.9 Å². The molecule has 2 aliphatic heterocycles. The maximum Gasteiger partial charge on any atom is 0.278 e. The maximum absolute atomic E-state index is 15.4. The van der Waals surface area contributed by atoms with Gasteiger partial charge < -0.3 is 24.2 Å². The summed E-state index contributed by atoms with van der Waals surface area (Å²) in [5, 5.41) is 14.8. The predicted molar refractivity (Wildman–Crippen MR) is 149 cm³/mol. The standard InChI is InChI=1S/C29H32FN3O6S/c1-19-20(9-17-40-19)24-21-6-4-7-22(30)27(21)39-14-5-10-29(11-15-37-2,12-16-38-3)31-18-33(24)32-13-8-23(34)26(35)25(32)28(31)36/h4-10,13,17,24,35H,11-12,14-16,18H2,1-3H3/b10-5+. The maximum atomic E-state index is 15.4. The van der Waals surface area contributed by atoms with Gasteiger partial charge in [0.1, 0.15) is 19.3 Å². The number of methoxy groups -OCH3 is 2. The van der Waals surface area contributed by atoms with E-state index in [2.05, 4.69) is 0 Å². The van der Waals surface area contributed by atoms with E-state index in [0.29, 0.717) is 31.6 Å². The number of aromatic nitrogens is 1. The molecule has 0 saturated carbocycles. The van der Waals surface area contributed by atoms with Crippen molar-refractivity contribution in [3.63, 3.8) is 0 Å². The van der Waals surface area contributed by atoms with Gasteiger partial charge in [0.2, 0.25) is 5.43 Å². The molecule has 0 saturated heterocycles. The van der Waals surface area contributed by atoms with E-state index in [1.165, 1.54) is 23.0 Å². The number of nitrogens with zero attached hydrogens (tertiary/aromatic N) is 3. The fourth-order valence-electron chi connectivity index (χ4n) is 5.55. The molecule has 212 valence electrons. The Bertz CT molecular complexity index is 1480. The second-order valence-corrected chi connectivity index (χ2v) is 11.0. The summed E-state index contributed by atoms with van der Waals surface area (Å²) in [4.78, 5) is 29.5. The molecule has 5 rings (SSSR count). The second-order valence-electron chi connectivity index (χ2n) is 9.83. The van der Waals surface area contributed by atoms with Crippen molar-refractivity contribution >= 4 is 17.2 Å². The van der Waals surface area contributed by atoms with Gasteiger partial charge in [-0.3, -0.25) is 19.3 Å². The summed E-state index contributed by atoms with van der Waals surface area (Å²) in [6.45, 7) is 2.75. The zero-order valence-corrected chi connectivity index (χ0v) is 23.4. The number of thiophene rings is 1. The van der Waals surface area contributed by atoms with Crippen LogP contribution in [0.4, 0.5) is 4.39 Å². The minimum atomic E-state index is -0.933. The molecule has 3 aromatic rings. The molecule has 9 nitrogen and oxygen atoms in total. The summed E-state index contributed by atoms with van der Waals surface area (Å²) in [6, 6.07) is 7.32. The lowest BCUT2D eigenvalue weighted by molar-refractivity contribution is 0.0276. The van der Waals surface area contributed by atoms with Crippen LogP contribution in [0, 0.1) is 12.7 Å². The van der Waals surface area contributed by atoms with Gasteiger partial charge in [-0.2, -0.15) is 0 Å². The van der Waals surface area contributed by atoms with E-state index in [1.807, 2.05) is 29.5 Å². The zero-order chi connectivity index (χ0) is 28.4. The number of aromatic hydroxyl groups is 1. The molecular formula is C29H32FN3O6S. The van der Waals surface area contributed by atoms with Crippen LogP contribution >= 0.6 is 11.3 Å². The Labute approximate surface area is 235 Å². The third-order valence-corrected chi connectivity index (χ3v) is 8.48. The molecule has 1 unspecified atom stereocenters. The summed E-state index contributed by atoms with van der Waals surface area (Å²) in [7, 11) is 3.17. The number of hydrogen-bond acceptors (Lipinski definition) is 8. The van der Waals surface area contributed by atoms with Crippen molar-refractivity contribution in [2.24, 2.45) is 0 Å². The molecule has 0 radical (unpaired) electrons. The van der Waals surface area contributed by atoms with Gasteiger partial charge in [0, 0.05) is 50.1 Å². The molecule has 40 heavy (non-hydrogen) atoms. The quantitative estimate of drug-likeness (QED) is 0.431. The number of carbonyl (C=O) groups is 1. The van der Waals surface area contributed by atoms with Gasteiger partial charge in [-0.05, 0) is 48.9 Å². The number of benzene rings is 1. The monoisotopic (exact) mass is 569 g/mol. The predicted octanol–water partition coefficient (Wildman–Crippen LogP) is 3.96. The van der Waals surface area contributed by atoms with Crippen LogP contribution in [0.2, 0.25) is 0 Å². The van der Waals surface area contributed by atoms with Crippen LogP contribution in [0.5, 0.6) is 11.5 Å². The van der Waals surface area contributed by atoms with Crippen LogP contribution < -0.4 is 15.2 Å². The first-order valence-electron chi connectivity index (χ1n) is 13.0. The number of aryl methyl sites for hydroxylation is 1. The van der Waals surface area contributed by atoms with Crippen molar-refractivity contribution in [3.05, 3.63) is 91.8 Å². The number of ether oxygens (including phenoxy) is 3. The zero-order valence-electron chi connectivity index (χ0n) is 22.6. The van der Waals surface area contributed by atoms with Crippen LogP contribution in [0.1, 0.15) is 45.4 Å². The molecule has 1 amide bonds. The Morgan fingerprint density at radius 1 is 1.12 bits per heavy atom. The Kier molecular flexibility index (Phi) is 7.97. The third-order valence-electron chi connectivity index (χ3n) is 7.62. The number of carbonyl (C=O) groups excluding carboxylic acids is 1. The van der Waals surface area contributed by atoms with Gasteiger partial charge in [0.15, 0.2) is 23.0 Å². The highest BCUT2D eigenvalue weighted by atomic mass is 32.1. The number of halogens is 1. The molecule has 2 aliphatic rings. The smallest absolute Gasteiger partial charge is 0.278 e. The van der Waals surface area contributed by atoms with Crippen molar-refractivity contribution in [1.29, 1.82) is 0 Å². The molecular weight excluding hydrogens is 537 g/mol. The third kappa shape index (κ3) is 4.78. The van der Waals surface area contributed by atoms with Gasteiger partial charge in [0.25, 0.3) is 5.91 Å². The Morgan fingerprint density at radius 3 is 2.55 bits per heavy atom. The lowest BCUT2D eigenvalue weighted by Crippen LogP contribution is -2.63. The Balaban J connectivity index is 1.84. The summed E-state index contributed by atoms with van der Waals surface area (Å²) < 4.78 is 33.8. The van der Waals surface area contributed by atoms with Crippen molar-refractivity contribution in [3.8, 4) is 11.5 Å². The highest BCUT2D eigenvalue weighted by Gasteiger charge is 2.46. The normalized spacial score (nSPS) is 18.9. The van der Waals surface area contributed by atoms with Crippen LogP contribution in [-0.2, 0) is 9.47 Å². The van der Waals surface area contributed by atoms with E-state index in [4.69, 9.17) is 14.2 Å². The van der Waals surface area contributed by atoms with E-state index >= 15 is 4.39 Å². The lowest BCUT2D eigenvalue weighted by Gasteiger charge is -2.50. The molecule has 4 heterocycles. The first-order valence-corrected chi connectivity index (χ1v) is 13.8. The molecule has 1 aromatic carbocycles. The highest BCUT2D eigenvalue weighted by Crippen LogP contribution is 2.42. The van der Waals surface area contributed by atoms with Gasteiger partial charge in [-0.1, -0.05) is 18.2 Å². The summed E-state index contributed by atoms with van der Waals surface area (Å²) >= 11 is 1.55. The minimum Gasteiger partial charge on any atom is -0.502 e. The first-order chi connectivity index (χ1) is 19.3. The topological polar surface area (TPSA) is 93.5 Å². The molecule has 0 fully saturated rings. The van der Waals surface area contributed by atoms with Crippen LogP contribution in [-0.4, -0.2) is 66.8 Å². The molecule has 2 aromatic heterocycles. The fourth-order valence-corrected chi connectivity index (χ4v) is 6.29.